The molecule has 2 aromatic heterocycles. The van der Waals surface area contributed by atoms with Crippen LogP contribution in [0, 0.1) is 0 Å². The van der Waals surface area contributed by atoms with Crippen LogP contribution in [-0.2, 0) is 4.74 Å². The van der Waals surface area contributed by atoms with Crippen LogP contribution in [0.1, 0.15) is 26.2 Å². The van der Waals surface area contributed by atoms with Gasteiger partial charge in [-0.15, -0.1) is 14.8 Å². The van der Waals surface area contributed by atoms with Crippen LogP contribution in [0.25, 0.3) is 5.65 Å². The molecule has 0 spiro atoms. The molecule has 0 bridgehead atoms. The number of hydrogen-bond acceptors (Lipinski definition) is 6. The molecule has 2 atom stereocenters. The molecule has 7 heteroatoms. The van der Waals surface area contributed by atoms with Crippen molar-refractivity contribution in [1.82, 2.24) is 25.3 Å². The summed E-state index contributed by atoms with van der Waals surface area (Å²) in [5.41, 5.74) is 0.644. The smallest absolute Gasteiger partial charge is 0.200 e. The second kappa shape index (κ2) is 4.85. The Morgan fingerprint density at radius 3 is 3.28 bits per heavy atom. The molecule has 1 aliphatic heterocycles. The number of hydrogen-bond donors (Lipinski definition) is 1. The van der Waals surface area contributed by atoms with Crippen LogP contribution in [0.15, 0.2) is 12.1 Å². The van der Waals surface area contributed by atoms with Crippen LogP contribution in [0.2, 0.25) is 0 Å². The van der Waals surface area contributed by atoms with Crippen molar-refractivity contribution >= 4 is 11.5 Å². The number of rotatable bonds is 4. The van der Waals surface area contributed by atoms with Gasteiger partial charge in [0, 0.05) is 6.61 Å². The number of aromatic nitrogens is 5. The normalized spacial score (nSPS) is 21.3. The Hall–Kier alpha value is -1.76. The Labute approximate surface area is 105 Å². The van der Waals surface area contributed by atoms with Crippen LogP contribution in [0.4, 0.5) is 5.82 Å². The summed E-state index contributed by atoms with van der Waals surface area (Å²) in [5.74, 6) is 0.775. The van der Waals surface area contributed by atoms with Crippen LogP contribution in [-0.4, -0.2) is 44.0 Å². The molecule has 1 saturated heterocycles. The third-order valence-corrected chi connectivity index (χ3v) is 3.26. The van der Waals surface area contributed by atoms with Crippen LogP contribution in [0.3, 0.4) is 0 Å². The molecule has 1 aliphatic rings. The summed E-state index contributed by atoms with van der Waals surface area (Å²) in [6.45, 7) is 3.01. The van der Waals surface area contributed by atoms with Crippen molar-refractivity contribution in [3.05, 3.63) is 12.1 Å². The molecule has 0 aliphatic carbocycles. The average molecular weight is 248 g/mol. The van der Waals surface area contributed by atoms with Gasteiger partial charge in [-0.05, 0) is 41.8 Å². The van der Waals surface area contributed by atoms with Crippen molar-refractivity contribution in [2.75, 3.05) is 11.9 Å². The molecule has 0 amide bonds. The number of nitrogens with one attached hydrogen (secondary N) is 1. The van der Waals surface area contributed by atoms with Gasteiger partial charge in [0.1, 0.15) is 5.82 Å². The third-order valence-electron chi connectivity index (χ3n) is 3.26. The van der Waals surface area contributed by atoms with E-state index in [0.717, 1.165) is 31.7 Å². The largest absolute Gasteiger partial charge is 0.376 e. The minimum Gasteiger partial charge on any atom is -0.376 e. The van der Waals surface area contributed by atoms with Crippen molar-refractivity contribution in [1.29, 1.82) is 0 Å². The lowest BCUT2D eigenvalue weighted by Crippen LogP contribution is -2.33. The summed E-state index contributed by atoms with van der Waals surface area (Å²) in [4.78, 5) is 0. The predicted molar refractivity (Wildman–Crippen MR) is 65.3 cm³/mol. The molecule has 2 unspecified atom stereocenters. The van der Waals surface area contributed by atoms with Gasteiger partial charge in [-0.1, -0.05) is 6.92 Å². The Morgan fingerprint density at radius 1 is 1.56 bits per heavy atom. The first-order valence-corrected chi connectivity index (χ1v) is 6.30. The van der Waals surface area contributed by atoms with Crippen LogP contribution >= 0.6 is 0 Å². The zero-order valence-electron chi connectivity index (χ0n) is 10.3. The Morgan fingerprint density at radius 2 is 2.50 bits per heavy atom. The molecule has 7 nitrogen and oxygen atoms in total. The highest BCUT2D eigenvalue weighted by atomic mass is 16.5. The molecule has 0 aromatic carbocycles. The summed E-state index contributed by atoms with van der Waals surface area (Å²) < 4.78 is 7.13. The van der Waals surface area contributed by atoms with Crippen LogP contribution in [0.5, 0.6) is 0 Å². The third kappa shape index (κ3) is 2.13. The molecule has 96 valence electrons. The summed E-state index contributed by atoms with van der Waals surface area (Å²) in [6, 6.07) is 4.02. The first-order valence-electron chi connectivity index (χ1n) is 6.30. The quantitative estimate of drug-likeness (QED) is 0.865. The van der Waals surface area contributed by atoms with E-state index in [1.807, 2.05) is 12.1 Å². The monoisotopic (exact) mass is 248 g/mol. The molecule has 0 saturated carbocycles. The zero-order chi connectivity index (χ0) is 12.4. The first-order chi connectivity index (χ1) is 8.86. The van der Waals surface area contributed by atoms with E-state index in [-0.39, 0.29) is 12.1 Å². The van der Waals surface area contributed by atoms with Gasteiger partial charge in [0.2, 0.25) is 0 Å². The molecule has 3 heterocycles. The van der Waals surface area contributed by atoms with Crippen molar-refractivity contribution in [2.45, 2.75) is 38.3 Å². The van der Waals surface area contributed by atoms with E-state index in [0.29, 0.717) is 5.65 Å². The van der Waals surface area contributed by atoms with Gasteiger partial charge in [-0.3, -0.25) is 0 Å². The highest BCUT2D eigenvalue weighted by Crippen LogP contribution is 2.20. The number of fused-ring (bicyclic) bond motifs is 1. The lowest BCUT2D eigenvalue weighted by molar-refractivity contribution is 0.0942. The van der Waals surface area contributed by atoms with E-state index >= 15 is 0 Å². The van der Waals surface area contributed by atoms with E-state index in [9.17, 15) is 0 Å². The minimum absolute atomic E-state index is 0.279. The number of tetrazole rings is 1. The van der Waals surface area contributed by atoms with Crippen molar-refractivity contribution in [3.8, 4) is 0 Å². The van der Waals surface area contributed by atoms with Crippen molar-refractivity contribution in [3.63, 3.8) is 0 Å². The fourth-order valence-electron chi connectivity index (χ4n) is 2.29. The van der Waals surface area contributed by atoms with Gasteiger partial charge in [-0.25, -0.2) is 0 Å². The number of ether oxygens (including phenoxy) is 1. The number of nitrogens with zero attached hydrogens (tertiary/aromatic N) is 5. The second-order valence-corrected chi connectivity index (χ2v) is 4.46. The summed E-state index contributed by atoms with van der Waals surface area (Å²) in [5, 5.41) is 18.9. The van der Waals surface area contributed by atoms with E-state index in [2.05, 4.69) is 32.9 Å². The Kier molecular flexibility index (Phi) is 3.06. The van der Waals surface area contributed by atoms with E-state index < -0.39 is 0 Å². The van der Waals surface area contributed by atoms with Crippen molar-refractivity contribution in [2.24, 2.45) is 0 Å². The molecule has 1 fully saturated rings. The second-order valence-electron chi connectivity index (χ2n) is 4.46. The maximum Gasteiger partial charge on any atom is 0.200 e. The number of anilines is 1. The molecule has 3 rings (SSSR count). The van der Waals surface area contributed by atoms with Crippen molar-refractivity contribution < 1.29 is 4.74 Å². The van der Waals surface area contributed by atoms with Crippen LogP contribution < -0.4 is 5.32 Å². The SMILES string of the molecule is CCC(Nc1ccc2nnnn2n1)C1CCCO1. The molecule has 0 radical (unpaired) electrons. The Bertz CT molecular complexity index is 521. The molecule has 2 aromatic rings. The summed E-state index contributed by atoms with van der Waals surface area (Å²) in [6.07, 6.45) is 3.53. The zero-order valence-corrected chi connectivity index (χ0v) is 10.3. The molecule has 1 N–H and O–H groups in total. The molecular formula is C11H16N6O. The van der Waals surface area contributed by atoms with Gasteiger partial charge >= 0.3 is 0 Å². The highest BCUT2D eigenvalue weighted by Gasteiger charge is 2.24. The topological polar surface area (TPSA) is 77.2 Å². The fourth-order valence-corrected chi connectivity index (χ4v) is 2.29. The van der Waals surface area contributed by atoms with E-state index in [1.165, 1.54) is 4.63 Å². The lowest BCUT2D eigenvalue weighted by atomic mass is 10.1. The maximum absolute atomic E-state index is 5.71. The predicted octanol–water partition coefficient (Wildman–Crippen LogP) is 0.889. The lowest BCUT2D eigenvalue weighted by Gasteiger charge is -2.23. The average Bonchev–Trinajstić information content (AvgIpc) is 3.06. The maximum atomic E-state index is 5.71. The fraction of sp³-hybridized carbons (Fsp3) is 0.636. The Balaban J connectivity index is 1.76. The molecular weight excluding hydrogens is 232 g/mol. The standard InChI is InChI=1S/C11H16N6O/c1-2-8(9-4-3-7-18-9)12-10-5-6-11-13-15-16-17(11)14-10/h5-6,8-9H,2-4,7H2,1H3,(H,12,14). The van der Waals surface area contributed by atoms with Gasteiger partial charge < -0.3 is 10.1 Å². The summed E-state index contributed by atoms with van der Waals surface area (Å²) in [7, 11) is 0. The van der Waals surface area contributed by atoms with Gasteiger partial charge in [0.15, 0.2) is 5.65 Å². The summed E-state index contributed by atoms with van der Waals surface area (Å²) >= 11 is 0. The molecule has 18 heavy (non-hydrogen) atoms. The highest BCUT2D eigenvalue weighted by molar-refractivity contribution is 5.42. The minimum atomic E-state index is 0.279. The van der Waals surface area contributed by atoms with E-state index in [4.69, 9.17) is 4.74 Å². The van der Waals surface area contributed by atoms with Gasteiger partial charge in [0.25, 0.3) is 0 Å². The van der Waals surface area contributed by atoms with Gasteiger partial charge in [0.05, 0.1) is 12.1 Å². The first kappa shape index (κ1) is 11.3. The van der Waals surface area contributed by atoms with E-state index in [1.54, 1.807) is 0 Å². The van der Waals surface area contributed by atoms with Gasteiger partial charge in [-0.2, -0.15) is 0 Å².